The van der Waals surface area contributed by atoms with E-state index in [9.17, 15) is 19.5 Å². The van der Waals surface area contributed by atoms with Crippen molar-refractivity contribution >= 4 is 46.0 Å². The molecule has 29 heavy (non-hydrogen) atoms. The summed E-state index contributed by atoms with van der Waals surface area (Å²) in [4.78, 5) is 43.2. The molecule has 0 bridgehead atoms. The third-order valence-corrected chi connectivity index (χ3v) is 6.58. The molecule has 150 valence electrons. The number of hydrogen-bond donors (Lipinski definition) is 2. The molecule has 3 atom stereocenters. The molecule has 1 saturated heterocycles. The van der Waals surface area contributed by atoms with Crippen LogP contribution < -0.4 is 10.1 Å². The number of benzene rings is 1. The molecule has 0 saturated carbocycles. The van der Waals surface area contributed by atoms with Crippen molar-refractivity contribution in [1.82, 2.24) is 10.2 Å². The number of thiophene rings is 1. The Bertz CT molecular complexity index is 948. The van der Waals surface area contributed by atoms with Crippen LogP contribution in [-0.2, 0) is 20.8 Å². The van der Waals surface area contributed by atoms with Crippen molar-refractivity contribution in [2.24, 2.45) is 4.99 Å². The summed E-state index contributed by atoms with van der Waals surface area (Å²) < 4.78 is 5.54. The molecule has 0 radical (unpaired) electrons. The number of carbonyl (C=O) groups is 3. The highest BCUT2D eigenvalue weighted by Gasteiger charge is 2.50. The van der Waals surface area contributed by atoms with Crippen LogP contribution in [0.1, 0.15) is 4.88 Å². The number of fused-ring (bicyclic) bond motifs is 1. The van der Waals surface area contributed by atoms with Gasteiger partial charge in [-0.1, -0.05) is 36.0 Å². The quantitative estimate of drug-likeness (QED) is 0.740. The first kappa shape index (κ1) is 19.6. The van der Waals surface area contributed by atoms with E-state index in [2.05, 4.69) is 10.3 Å². The van der Waals surface area contributed by atoms with E-state index in [-0.39, 0.29) is 24.3 Å². The van der Waals surface area contributed by atoms with E-state index in [0.717, 1.165) is 16.6 Å². The highest BCUT2D eigenvalue weighted by molar-refractivity contribution is 8.16. The number of para-hydroxylation sites is 1. The number of nitrogens with zero attached hydrogens (tertiary/aromatic N) is 2. The number of aliphatic imine (C=N–C) groups is 1. The Morgan fingerprint density at radius 2 is 2.03 bits per heavy atom. The number of aliphatic carboxylic acids is 1. The zero-order valence-corrected chi connectivity index (χ0v) is 16.7. The summed E-state index contributed by atoms with van der Waals surface area (Å²) in [6.07, 6.45) is -0.996. The average Bonchev–Trinajstić information content (AvgIpc) is 3.16. The molecule has 0 unspecified atom stereocenters. The van der Waals surface area contributed by atoms with Gasteiger partial charge in [0.15, 0.2) is 0 Å². The van der Waals surface area contributed by atoms with Gasteiger partial charge in [-0.15, -0.1) is 11.3 Å². The first-order valence-electron chi connectivity index (χ1n) is 8.83. The monoisotopic (exact) mass is 431 g/mol. The molecule has 2 N–H and O–H groups in total. The lowest BCUT2D eigenvalue weighted by Gasteiger charge is -2.47. The van der Waals surface area contributed by atoms with Crippen LogP contribution in [0.3, 0.4) is 0 Å². The largest absolute Gasteiger partial charge is 0.479 e. The third-order valence-electron chi connectivity index (χ3n) is 4.47. The van der Waals surface area contributed by atoms with Gasteiger partial charge in [-0.05, 0) is 23.6 Å². The first-order valence-corrected chi connectivity index (χ1v) is 10.6. The van der Waals surface area contributed by atoms with E-state index in [1.54, 1.807) is 35.2 Å². The molecule has 2 aliphatic heterocycles. The fraction of sp³-hybridized carbons (Fsp3) is 0.263. The standard InChI is InChI=1S/C19H17N3O5S2/c23-14(9-12-7-4-8-28-12)20-13-10-22-15(18(24)25)21-16(19(26)29-17(13)22)27-11-5-2-1-3-6-11/h1-8,13,15,17H,9-10H2,(H,20,23)(H,24,25)/t13-,15+,17-/m0/s1. The highest BCUT2D eigenvalue weighted by atomic mass is 32.2. The van der Waals surface area contributed by atoms with Crippen LogP contribution in [0.4, 0.5) is 0 Å². The minimum Gasteiger partial charge on any atom is -0.479 e. The van der Waals surface area contributed by atoms with Gasteiger partial charge in [0, 0.05) is 11.4 Å². The lowest BCUT2D eigenvalue weighted by Crippen LogP contribution is -2.68. The van der Waals surface area contributed by atoms with Crippen LogP contribution in [0.2, 0.25) is 0 Å². The zero-order chi connectivity index (χ0) is 20.4. The van der Waals surface area contributed by atoms with Crippen molar-refractivity contribution in [3.63, 3.8) is 0 Å². The summed E-state index contributed by atoms with van der Waals surface area (Å²) >= 11 is 2.41. The maximum Gasteiger partial charge on any atom is 0.343 e. The average molecular weight is 431 g/mol. The van der Waals surface area contributed by atoms with E-state index in [4.69, 9.17) is 4.74 Å². The van der Waals surface area contributed by atoms with Crippen molar-refractivity contribution in [2.75, 3.05) is 6.54 Å². The number of ether oxygens (including phenoxy) is 1. The van der Waals surface area contributed by atoms with Crippen LogP contribution in [0, 0.1) is 0 Å². The van der Waals surface area contributed by atoms with Gasteiger partial charge in [-0.25, -0.2) is 9.79 Å². The lowest BCUT2D eigenvalue weighted by molar-refractivity contribution is -0.146. The van der Waals surface area contributed by atoms with Crippen molar-refractivity contribution in [1.29, 1.82) is 0 Å². The molecule has 2 aliphatic rings. The van der Waals surface area contributed by atoms with Crippen molar-refractivity contribution in [2.45, 2.75) is 24.0 Å². The summed E-state index contributed by atoms with van der Waals surface area (Å²) in [5.41, 5.74) is 0. The maximum absolute atomic E-state index is 12.6. The molecule has 1 aromatic carbocycles. The smallest absolute Gasteiger partial charge is 0.343 e. The Hall–Kier alpha value is -2.69. The van der Waals surface area contributed by atoms with Gasteiger partial charge in [-0.2, -0.15) is 0 Å². The van der Waals surface area contributed by atoms with Gasteiger partial charge in [0.05, 0.1) is 17.8 Å². The minimum absolute atomic E-state index is 0.164. The number of carbonyl (C=O) groups excluding carboxylic acids is 2. The second kappa shape index (κ2) is 8.36. The van der Waals surface area contributed by atoms with E-state index < -0.39 is 22.6 Å². The van der Waals surface area contributed by atoms with E-state index >= 15 is 0 Å². The molecule has 10 heteroatoms. The predicted molar refractivity (Wildman–Crippen MR) is 109 cm³/mol. The fourth-order valence-corrected chi connectivity index (χ4v) is 4.89. The van der Waals surface area contributed by atoms with E-state index in [1.165, 1.54) is 11.3 Å². The summed E-state index contributed by atoms with van der Waals surface area (Å²) in [5, 5.41) is 13.4. The molecule has 1 aromatic heterocycles. The van der Waals surface area contributed by atoms with Crippen molar-refractivity contribution < 1.29 is 24.2 Å². The number of hydrogen-bond acceptors (Lipinski definition) is 8. The Morgan fingerprint density at radius 3 is 2.72 bits per heavy atom. The Balaban J connectivity index is 1.46. The minimum atomic E-state index is -1.25. The summed E-state index contributed by atoms with van der Waals surface area (Å²) in [5.74, 6) is -1.20. The normalized spacial score (nSPS) is 23.9. The molecular weight excluding hydrogens is 414 g/mol. The highest BCUT2D eigenvalue weighted by Crippen LogP contribution is 2.35. The van der Waals surface area contributed by atoms with Gasteiger partial charge < -0.3 is 15.2 Å². The maximum atomic E-state index is 12.6. The molecule has 0 spiro atoms. The zero-order valence-electron chi connectivity index (χ0n) is 15.1. The Labute approximate surface area is 174 Å². The number of nitrogens with one attached hydrogen (secondary N) is 1. The number of amides is 1. The molecule has 4 rings (SSSR count). The second-order valence-electron chi connectivity index (χ2n) is 6.48. The van der Waals surface area contributed by atoms with Gasteiger partial charge in [-0.3, -0.25) is 14.5 Å². The van der Waals surface area contributed by atoms with Gasteiger partial charge in [0.2, 0.25) is 12.1 Å². The fourth-order valence-electron chi connectivity index (χ4n) is 3.11. The molecule has 0 aliphatic carbocycles. The topological polar surface area (TPSA) is 108 Å². The van der Waals surface area contributed by atoms with Gasteiger partial charge in [0.1, 0.15) is 5.75 Å². The third kappa shape index (κ3) is 4.34. The molecular formula is C19H17N3O5S2. The van der Waals surface area contributed by atoms with Crippen LogP contribution in [0.15, 0.2) is 52.8 Å². The van der Waals surface area contributed by atoms with E-state index in [1.807, 2.05) is 17.5 Å². The van der Waals surface area contributed by atoms with E-state index in [0.29, 0.717) is 12.3 Å². The summed E-state index contributed by atoms with van der Waals surface area (Å²) in [7, 11) is 0. The molecule has 8 nitrogen and oxygen atoms in total. The van der Waals surface area contributed by atoms with Crippen molar-refractivity contribution in [3.05, 3.63) is 52.7 Å². The molecule has 2 aromatic rings. The number of carboxylic acids is 1. The van der Waals surface area contributed by atoms with Gasteiger partial charge >= 0.3 is 5.97 Å². The van der Waals surface area contributed by atoms with Crippen molar-refractivity contribution in [3.8, 4) is 5.75 Å². The SMILES string of the molecule is O=C(Cc1cccs1)N[C@H]1CN2[C@H](C(=O)O)N=C(Oc3ccccc3)C(=O)S[C@@H]12. The summed E-state index contributed by atoms with van der Waals surface area (Å²) in [6, 6.07) is 12.0. The Morgan fingerprint density at radius 1 is 1.24 bits per heavy atom. The lowest BCUT2D eigenvalue weighted by atomic mass is 10.1. The van der Waals surface area contributed by atoms with Crippen LogP contribution >= 0.6 is 23.1 Å². The Kier molecular flexibility index (Phi) is 5.65. The molecule has 1 fully saturated rings. The number of thioether (sulfide) groups is 1. The van der Waals surface area contributed by atoms with Gasteiger partial charge in [0.25, 0.3) is 11.0 Å². The second-order valence-corrected chi connectivity index (χ2v) is 8.61. The first-order chi connectivity index (χ1) is 14.0. The predicted octanol–water partition coefficient (Wildman–Crippen LogP) is 1.58. The number of rotatable bonds is 5. The number of carboxylic acid groups (broad SMARTS) is 1. The summed E-state index contributed by atoms with van der Waals surface area (Å²) in [6.45, 7) is 0.292. The van der Waals surface area contributed by atoms with Crippen LogP contribution in [0.5, 0.6) is 5.75 Å². The van der Waals surface area contributed by atoms with Crippen LogP contribution in [-0.4, -0.2) is 57.0 Å². The molecule has 1 amide bonds. The molecule has 3 heterocycles. The van der Waals surface area contributed by atoms with Crippen LogP contribution in [0.25, 0.3) is 0 Å².